The van der Waals surface area contributed by atoms with E-state index in [1.54, 1.807) is 0 Å². The maximum Gasteiger partial charge on any atom is 0.490 e. The molecule has 1 fully saturated rings. The summed E-state index contributed by atoms with van der Waals surface area (Å²) in [5.74, 6) is -2.77. The van der Waals surface area contributed by atoms with E-state index in [-0.39, 0.29) is 11.9 Å². The third kappa shape index (κ3) is 6.22. The first-order valence-corrected chi connectivity index (χ1v) is 10.2. The SMILES string of the molecule is Cc1ccc(C(N)C(=O)N2CCC(Nc3ccc4[nH]ncc4c3)C2)cc1.O=C(O)C(F)(F)F. The number of carboxylic acid groups (broad SMARTS) is 1. The Kier molecular flexibility index (Phi) is 7.22. The number of aromatic amines is 1. The van der Waals surface area contributed by atoms with Crippen LogP contribution in [0.25, 0.3) is 10.9 Å². The Labute approximate surface area is 187 Å². The van der Waals surface area contributed by atoms with Gasteiger partial charge in [0.15, 0.2) is 0 Å². The lowest BCUT2D eigenvalue weighted by Crippen LogP contribution is -2.38. The van der Waals surface area contributed by atoms with Crippen molar-refractivity contribution in [1.29, 1.82) is 0 Å². The summed E-state index contributed by atoms with van der Waals surface area (Å²) in [6, 6.07) is 13.6. The molecule has 11 heteroatoms. The van der Waals surface area contributed by atoms with Crippen molar-refractivity contribution >= 4 is 28.5 Å². The van der Waals surface area contributed by atoms with Gasteiger partial charge in [0.05, 0.1) is 11.7 Å². The number of hydrogen-bond donors (Lipinski definition) is 4. The summed E-state index contributed by atoms with van der Waals surface area (Å²) in [6.45, 7) is 3.42. The number of aryl methyl sites for hydroxylation is 1. The van der Waals surface area contributed by atoms with Crippen LogP contribution in [0, 0.1) is 6.92 Å². The van der Waals surface area contributed by atoms with Crippen molar-refractivity contribution in [3.05, 3.63) is 59.8 Å². The lowest BCUT2D eigenvalue weighted by molar-refractivity contribution is -0.192. The first kappa shape index (κ1) is 24.1. The summed E-state index contributed by atoms with van der Waals surface area (Å²) in [4.78, 5) is 23.5. The number of nitrogens with zero attached hydrogens (tertiary/aromatic N) is 2. The lowest BCUT2D eigenvalue weighted by atomic mass is 10.0. The van der Waals surface area contributed by atoms with Gasteiger partial charge in [-0.25, -0.2) is 4.79 Å². The highest BCUT2D eigenvalue weighted by atomic mass is 19.4. The van der Waals surface area contributed by atoms with Gasteiger partial charge in [0.2, 0.25) is 5.91 Å². The number of carboxylic acids is 1. The molecule has 1 aliphatic rings. The summed E-state index contributed by atoms with van der Waals surface area (Å²) in [5, 5.41) is 18.7. The Morgan fingerprint density at radius 2 is 1.91 bits per heavy atom. The molecule has 2 unspecified atom stereocenters. The lowest BCUT2D eigenvalue weighted by Gasteiger charge is -2.21. The van der Waals surface area contributed by atoms with Gasteiger partial charge in [0, 0.05) is 30.2 Å². The van der Waals surface area contributed by atoms with Crippen LogP contribution in [0.1, 0.15) is 23.6 Å². The van der Waals surface area contributed by atoms with E-state index in [1.807, 2.05) is 54.4 Å². The zero-order chi connectivity index (χ0) is 24.2. The van der Waals surface area contributed by atoms with Gasteiger partial charge in [-0.15, -0.1) is 0 Å². The van der Waals surface area contributed by atoms with Crippen LogP contribution >= 0.6 is 0 Å². The Morgan fingerprint density at radius 1 is 1.24 bits per heavy atom. The number of aromatic nitrogens is 2. The number of anilines is 1. The van der Waals surface area contributed by atoms with Gasteiger partial charge in [-0.2, -0.15) is 18.3 Å². The molecule has 0 spiro atoms. The van der Waals surface area contributed by atoms with Crippen LogP contribution in [0.3, 0.4) is 0 Å². The Bertz CT molecular complexity index is 1110. The zero-order valence-corrected chi connectivity index (χ0v) is 17.8. The number of nitrogens with two attached hydrogens (primary N) is 1. The average Bonchev–Trinajstić information content (AvgIpc) is 3.42. The van der Waals surface area contributed by atoms with E-state index in [2.05, 4.69) is 21.6 Å². The minimum Gasteiger partial charge on any atom is -0.475 e. The second kappa shape index (κ2) is 9.90. The smallest absolute Gasteiger partial charge is 0.475 e. The number of carbonyl (C=O) groups is 2. The molecule has 0 radical (unpaired) electrons. The molecule has 0 aliphatic carbocycles. The van der Waals surface area contributed by atoms with Crippen LogP contribution < -0.4 is 11.1 Å². The van der Waals surface area contributed by atoms with Gasteiger partial charge < -0.3 is 21.1 Å². The molecule has 1 aromatic heterocycles. The minimum absolute atomic E-state index is 0.0107. The Morgan fingerprint density at radius 3 is 2.55 bits per heavy atom. The molecule has 5 N–H and O–H groups in total. The molecule has 1 amide bonds. The highest BCUT2D eigenvalue weighted by molar-refractivity contribution is 5.84. The third-order valence-electron chi connectivity index (χ3n) is 5.26. The summed E-state index contributed by atoms with van der Waals surface area (Å²) in [7, 11) is 0. The number of halogens is 3. The van der Waals surface area contributed by atoms with E-state index in [0.29, 0.717) is 6.54 Å². The van der Waals surface area contributed by atoms with Crippen molar-refractivity contribution < 1.29 is 27.9 Å². The van der Waals surface area contributed by atoms with E-state index < -0.39 is 18.2 Å². The van der Waals surface area contributed by atoms with E-state index in [0.717, 1.165) is 40.7 Å². The number of carbonyl (C=O) groups excluding carboxylic acids is 1. The molecule has 33 heavy (non-hydrogen) atoms. The number of likely N-dealkylation sites (tertiary alicyclic amines) is 1. The largest absolute Gasteiger partial charge is 0.490 e. The number of alkyl halides is 3. The first-order valence-electron chi connectivity index (χ1n) is 10.2. The van der Waals surface area contributed by atoms with Gasteiger partial charge in [-0.05, 0) is 37.1 Å². The fraction of sp³-hybridized carbons (Fsp3) is 0.318. The molecule has 176 valence electrons. The number of benzene rings is 2. The molecular formula is C22H24F3N5O3. The van der Waals surface area contributed by atoms with Crippen molar-refractivity contribution in [2.45, 2.75) is 31.6 Å². The topological polar surface area (TPSA) is 124 Å². The van der Waals surface area contributed by atoms with Gasteiger partial charge >= 0.3 is 12.1 Å². The van der Waals surface area contributed by atoms with Gasteiger partial charge in [-0.3, -0.25) is 9.89 Å². The molecule has 2 aromatic carbocycles. The molecule has 2 atom stereocenters. The number of rotatable bonds is 4. The monoisotopic (exact) mass is 463 g/mol. The minimum atomic E-state index is -5.08. The van der Waals surface area contributed by atoms with Crippen molar-refractivity contribution in [3.8, 4) is 0 Å². The number of aliphatic carboxylic acids is 1. The molecule has 1 aliphatic heterocycles. The number of hydrogen-bond acceptors (Lipinski definition) is 5. The van der Waals surface area contributed by atoms with E-state index in [4.69, 9.17) is 15.6 Å². The molecule has 2 heterocycles. The highest BCUT2D eigenvalue weighted by Crippen LogP contribution is 2.22. The van der Waals surface area contributed by atoms with Crippen molar-refractivity contribution in [2.24, 2.45) is 5.73 Å². The number of amides is 1. The number of fused-ring (bicyclic) bond motifs is 1. The number of H-pyrrole nitrogens is 1. The van der Waals surface area contributed by atoms with Crippen molar-refractivity contribution in [3.63, 3.8) is 0 Å². The van der Waals surface area contributed by atoms with E-state index in [1.165, 1.54) is 0 Å². The maximum atomic E-state index is 12.7. The van der Waals surface area contributed by atoms with Crippen LogP contribution in [0.4, 0.5) is 18.9 Å². The molecule has 8 nitrogen and oxygen atoms in total. The molecular weight excluding hydrogens is 439 g/mol. The fourth-order valence-electron chi connectivity index (χ4n) is 3.46. The Balaban J connectivity index is 0.000000383. The predicted molar refractivity (Wildman–Crippen MR) is 116 cm³/mol. The van der Waals surface area contributed by atoms with Crippen LogP contribution in [0.2, 0.25) is 0 Å². The molecule has 1 saturated heterocycles. The summed E-state index contributed by atoms with van der Waals surface area (Å²) in [5.41, 5.74) is 10.3. The van der Waals surface area contributed by atoms with Crippen LogP contribution in [0.5, 0.6) is 0 Å². The summed E-state index contributed by atoms with van der Waals surface area (Å²) >= 11 is 0. The maximum absolute atomic E-state index is 12.7. The van der Waals surface area contributed by atoms with E-state index in [9.17, 15) is 18.0 Å². The highest BCUT2D eigenvalue weighted by Gasteiger charge is 2.38. The average molecular weight is 463 g/mol. The third-order valence-corrected chi connectivity index (χ3v) is 5.26. The molecule has 4 rings (SSSR count). The standard InChI is InChI=1S/C20H23N5O.C2HF3O2/c1-13-2-4-14(5-3-13)19(21)20(26)25-9-8-17(12-25)23-16-6-7-18-15(10-16)11-22-24-18;3-2(4,5)1(6)7/h2-7,10-11,17,19,23H,8-9,12,21H2,1H3,(H,22,24);(H,6,7). The van der Waals surface area contributed by atoms with Crippen LogP contribution in [-0.4, -0.2) is 57.4 Å². The normalized spacial score (nSPS) is 16.8. The fourth-order valence-corrected chi connectivity index (χ4v) is 3.46. The van der Waals surface area contributed by atoms with Gasteiger partial charge in [0.1, 0.15) is 6.04 Å². The predicted octanol–water partition coefficient (Wildman–Crippen LogP) is 3.22. The molecule has 0 bridgehead atoms. The number of nitrogens with one attached hydrogen (secondary N) is 2. The quantitative estimate of drug-likeness (QED) is 0.471. The van der Waals surface area contributed by atoms with Gasteiger partial charge in [0.25, 0.3) is 0 Å². The Hall–Kier alpha value is -3.60. The first-order chi connectivity index (χ1) is 15.5. The second-order valence-corrected chi connectivity index (χ2v) is 7.78. The van der Waals surface area contributed by atoms with E-state index >= 15 is 0 Å². The molecule has 3 aromatic rings. The van der Waals surface area contributed by atoms with Crippen LogP contribution in [-0.2, 0) is 9.59 Å². The zero-order valence-electron chi connectivity index (χ0n) is 17.8. The van der Waals surface area contributed by atoms with Crippen LogP contribution in [0.15, 0.2) is 48.7 Å². The molecule has 0 saturated carbocycles. The van der Waals surface area contributed by atoms with Crippen molar-refractivity contribution in [2.75, 3.05) is 18.4 Å². The summed E-state index contributed by atoms with van der Waals surface area (Å²) < 4.78 is 31.7. The van der Waals surface area contributed by atoms with Crippen molar-refractivity contribution in [1.82, 2.24) is 15.1 Å². The second-order valence-electron chi connectivity index (χ2n) is 7.78. The van der Waals surface area contributed by atoms with Gasteiger partial charge in [-0.1, -0.05) is 29.8 Å². The summed E-state index contributed by atoms with van der Waals surface area (Å²) in [6.07, 6.45) is -2.36.